The van der Waals surface area contributed by atoms with Crippen molar-refractivity contribution in [1.82, 2.24) is 0 Å². The average molecular weight is 491 g/mol. The van der Waals surface area contributed by atoms with E-state index in [1.54, 1.807) is 0 Å². The fraction of sp³-hybridized carbons (Fsp3) is 0.800. The first kappa shape index (κ1) is 28.6. The van der Waals surface area contributed by atoms with Gasteiger partial charge in [-0.05, 0) is 93.1 Å². The van der Waals surface area contributed by atoms with Gasteiger partial charge in [-0.15, -0.1) is 0 Å². The SMILES string of the molecule is C=C1/C(=C\C=C2/CCC[C@]3(C)C([C@H](C)CCCC(C)(C)O)CC[C@@H]23)C[C@@H](O)C(OCCCO)[C@@H]1O. The highest BCUT2D eigenvalue weighted by atomic mass is 16.5. The van der Waals surface area contributed by atoms with Crippen LogP contribution in [0.2, 0.25) is 0 Å². The average Bonchev–Trinajstić information content (AvgIpc) is 3.14. The van der Waals surface area contributed by atoms with Crippen LogP contribution in [-0.4, -0.2) is 57.6 Å². The van der Waals surface area contributed by atoms with Crippen LogP contribution >= 0.6 is 0 Å². The summed E-state index contributed by atoms with van der Waals surface area (Å²) in [6.45, 7) is 13.2. The van der Waals surface area contributed by atoms with E-state index >= 15 is 0 Å². The highest BCUT2D eigenvalue weighted by molar-refractivity contribution is 5.40. The van der Waals surface area contributed by atoms with E-state index in [-0.39, 0.29) is 6.61 Å². The second-order valence-corrected chi connectivity index (χ2v) is 12.4. The summed E-state index contributed by atoms with van der Waals surface area (Å²) in [5.41, 5.74) is 2.79. The first-order chi connectivity index (χ1) is 16.5. The smallest absolute Gasteiger partial charge is 0.114 e. The molecule has 3 saturated carbocycles. The highest BCUT2D eigenvalue weighted by Gasteiger charge is 2.50. The molecular weight excluding hydrogens is 440 g/mol. The normalized spacial score (nSPS) is 37.1. The number of hydrogen-bond donors (Lipinski definition) is 4. The molecule has 3 fully saturated rings. The molecule has 3 aliphatic carbocycles. The Morgan fingerprint density at radius 2 is 1.94 bits per heavy atom. The molecule has 0 heterocycles. The van der Waals surface area contributed by atoms with E-state index in [4.69, 9.17) is 9.84 Å². The Kier molecular flexibility index (Phi) is 9.84. The molecule has 35 heavy (non-hydrogen) atoms. The van der Waals surface area contributed by atoms with Crippen LogP contribution in [0.15, 0.2) is 35.5 Å². The molecule has 4 N–H and O–H groups in total. The summed E-state index contributed by atoms with van der Waals surface area (Å²) in [5.74, 6) is 1.98. The number of aliphatic hydroxyl groups excluding tert-OH is 3. The summed E-state index contributed by atoms with van der Waals surface area (Å²) < 4.78 is 5.63. The second-order valence-electron chi connectivity index (χ2n) is 12.4. The van der Waals surface area contributed by atoms with Crippen molar-refractivity contribution in [2.24, 2.45) is 23.2 Å². The molecule has 5 nitrogen and oxygen atoms in total. The predicted molar refractivity (Wildman–Crippen MR) is 141 cm³/mol. The zero-order chi connectivity index (χ0) is 25.8. The molecule has 3 rings (SSSR count). The van der Waals surface area contributed by atoms with Crippen LogP contribution in [0.3, 0.4) is 0 Å². The third kappa shape index (κ3) is 6.87. The van der Waals surface area contributed by atoms with Gasteiger partial charge in [-0.2, -0.15) is 0 Å². The van der Waals surface area contributed by atoms with E-state index in [1.807, 2.05) is 13.8 Å². The molecule has 5 heteroatoms. The van der Waals surface area contributed by atoms with Crippen molar-refractivity contribution < 1.29 is 25.2 Å². The Morgan fingerprint density at radius 3 is 2.63 bits per heavy atom. The van der Waals surface area contributed by atoms with E-state index in [2.05, 4.69) is 32.6 Å². The lowest BCUT2D eigenvalue weighted by molar-refractivity contribution is -0.0968. The fourth-order valence-corrected chi connectivity index (χ4v) is 7.21. The molecule has 7 atom stereocenters. The van der Waals surface area contributed by atoms with Crippen LogP contribution < -0.4 is 0 Å². The van der Waals surface area contributed by atoms with E-state index in [1.165, 1.54) is 37.7 Å². The minimum absolute atomic E-state index is 0.0269. The van der Waals surface area contributed by atoms with E-state index in [0.717, 1.165) is 30.8 Å². The standard InChI is InChI=1S/C30H50O5/c1-20(9-6-15-29(3,4)34)24-13-14-25-22(10-7-16-30(24,25)5)11-12-23-19-26(32)28(27(33)21(23)2)35-18-8-17-31/h11-12,20,24-28,31-34H,2,6-10,13-19H2,1,3-5H3/b22-11+,23-12-/t20-,24?,25+,26-,27-,28?,30-/m1/s1. The first-order valence-corrected chi connectivity index (χ1v) is 13.9. The van der Waals surface area contributed by atoms with Crippen LogP contribution in [0.1, 0.15) is 91.9 Å². The van der Waals surface area contributed by atoms with Crippen molar-refractivity contribution >= 4 is 0 Å². The summed E-state index contributed by atoms with van der Waals surface area (Å²) in [6.07, 6.45) is 12.1. The van der Waals surface area contributed by atoms with Crippen molar-refractivity contribution in [1.29, 1.82) is 0 Å². The molecule has 0 bridgehead atoms. The summed E-state index contributed by atoms with van der Waals surface area (Å²) in [5, 5.41) is 40.4. The van der Waals surface area contributed by atoms with Crippen LogP contribution in [-0.2, 0) is 4.74 Å². The van der Waals surface area contributed by atoms with Crippen molar-refractivity contribution in [2.75, 3.05) is 13.2 Å². The van der Waals surface area contributed by atoms with Gasteiger partial charge in [0.15, 0.2) is 0 Å². The van der Waals surface area contributed by atoms with Gasteiger partial charge in [-0.25, -0.2) is 0 Å². The maximum Gasteiger partial charge on any atom is 0.114 e. The minimum Gasteiger partial charge on any atom is -0.396 e. The van der Waals surface area contributed by atoms with Crippen LogP contribution in [0.4, 0.5) is 0 Å². The Balaban J connectivity index is 1.67. The van der Waals surface area contributed by atoms with Crippen LogP contribution in [0.25, 0.3) is 0 Å². The Hall–Kier alpha value is -0.980. The molecule has 2 unspecified atom stereocenters. The first-order valence-electron chi connectivity index (χ1n) is 13.9. The number of allylic oxidation sites excluding steroid dienone is 3. The lowest BCUT2D eigenvalue weighted by Gasteiger charge is -2.44. The van der Waals surface area contributed by atoms with E-state index in [0.29, 0.717) is 42.3 Å². The number of ether oxygens (including phenoxy) is 1. The van der Waals surface area contributed by atoms with Gasteiger partial charge >= 0.3 is 0 Å². The molecule has 0 amide bonds. The Bertz CT molecular complexity index is 778. The van der Waals surface area contributed by atoms with Gasteiger partial charge in [-0.1, -0.05) is 51.0 Å². The van der Waals surface area contributed by atoms with Crippen molar-refractivity contribution in [3.05, 3.63) is 35.5 Å². The van der Waals surface area contributed by atoms with Gasteiger partial charge in [0, 0.05) is 19.6 Å². The maximum atomic E-state index is 10.7. The van der Waals surface area contributed by atoms with Crippen molar-refractivity contribution in [3.63, 3.8) is 0 Å². The van der Waals surface area contributed by atoms with Gasteiger partial charge in [0.2, 0.25) is 0 Å². The number of rotatable bonds is 10. The summed E-state index contributed by atoms with van der Waals surface area (Å²) >= 11 is 0. The molecule has 0 aliphatic heterocycles. The highest BCUT2D eigenvalue weighted by Crippen LogP contribution is 2.60. The van der Waals surface area contributed by atoms with Gasteiger partial charge in [0.05, 0.1) is 11.7 Å². The third-order valence-corrected chi connectivity index (χ3v) is 9.17. The van der Waals surface area contributed by atoms with Crippen molar-refractivity contribution in [3.8, 4) is 0 Å². The second kappa shape index (κ2) is 12.0. The topological polar surface area (TPSA) is 90.2 Å². The predicted octanol–water partition coefficient (Wildman–Crippen LogP) is 5.08. The van der Waals surface area contributed by atoms with Crippen LogP contribution in [0.5, 0.6) is 0 Å². The van der Waals surface area contributed by atoms with Gasteiger partial charge in [0.25, 0.3) is 0 Å². The molecule has 0 aromatic carbocycles. The molecule has 0 saturated heterocycles. The fourth-order valence-electron chi connectivity index (χ4n) is 7.21. The zero-order valence-electron chi connectivity index (χ0n) is 22.5. The summed E-state index contributed by atoms with van der Waals surface area (Å²) in [4.78, 5) is 0. The summed E-state index contributed by atoms with van der Waals surface area (Å²) in [6, 6.07) is 0. The number of hydrogen-bond acceptors (Lipinski definition) is 5. The van der Waals surface area contributed by atoms with Crippen molar-refractivity contribution in [2.45, 2.75) is 116 Å². The Morgan fingerprint density at radius 1 is 1.20 bits per heavy atom. The van der Waals surface area contributed by atoms with Gasteiger partial charge < -0.3 is 25.2 Å². The lowest BCUT2D eigenvalue weighted by Crippen LogP contribution is -2.45. The largest absolute Gasteiger partial charge is 0.396 e. The molecular formula is C30H50O5. The molecule has 0 radical (unpaired) electrons. The third-order valence-electron chi connectivity index (χ3n) is 9.17. The van der Waals surface area contributed by atoms with E-state index < -0.39 is 23.9 Å². The minimum atomic E-state index is -0.931. The van der Waals surface area contributed by atoms with E-state index in [9.17, 15) is 15.3 Å². The molecule has 3 aliphatic rings. The molecule has 200 valence electrons. The molecule has 0 spiro atoms. The van der Waals surface area contributed by atoms with Gasteiger partial charge in [-0.3, -0.25) is 0 Å². The zero-order valence-corrected chi connectivity index (χ0v) is 22.5. The van der Waals surface area contributed by atoms with Gasteiger partial charge in [0.1, 0.15) is 12.2 Å². The lowest BCUT2D eigenvalue weighted by atomic mass is 9.60. The monoisotopic (exact) mass is 490 g/mol. The molecule has 0 aromatic rings. The number of fused-ring (bicyclic) bond motifs is 1. The number of aliphatic hydroxyl groups is 4. The maximum absolute atomic E-state index is 10.7. The summed E-state index contributed by atoms with van der Waals surface area (Å²) in [7, 11) is 0. The Labute approximate surface area is 213 Å². The van der Waals surface area contributed by atoms with Crippen LogP contribution in [0, 0.1) is 23.2 Å². The molecule has 0 aromatic heterocycles. The quantitative estimate of drug-likeness (QED) is 0.321.